The summed E-state index contributed by atoms with van der Waals surface area (Å²) in [5.41, 5.74) is 0.455. The van der Waals surface area contributed by atoms with Gasteiger partial charge in [0.25, 0.3) is 5.91 Å². The normalized spacial score (nSPS) is 28.6. The third-order valence-electron chi connectivity index (χ3n) is 7.08. The first-order valence-electron chi connectivity index (χ1n) is 12.3. The molecule has 0 spiro atoms. The number of carbonyl (C=O) groups is 4. The molecule has 10 heteroatoms. The minimum Gasteiger partial charge on any atom is -0.434 e. The smallest absolute Gasteiger partial charge is 0.310 e. The Morgan fingerprint density at radius 2 is 1.75 bits per heavy atom. The van der Waals surface area contributed by atoms with Gasteiger partial charge in [-0.05, 0) is 35.7 Å². The van der Waals surface area contributed by atoms with E-state index in [9.17, 15) is 24.3 Å². The van der Waals surface area contributed by atoms with E-state index in [1.165, 1.54) is 4.90 Å². The van der Waals surface area contributed by atoms with E-state index in [0.717, 1.165) is 23.6 Å². The highest BCUT2D eigenvalue weighted by atomic mass is 16.6. The summed E-state index contributed by atoms with van der Waals surface area (Å²) < 4.78 is 10.4. The van der Waals surface area contributed by atoms with E-state index in [-0.39, 0.29) is 30.9 Å². The molecule has 2 aromatic carbocycles. The van der Waals surface area contributed by atoms with Crippen molar-refractivity contribution in [2.45, 2.75) is 62.6 Å². The number of nitrogens with zero attached hydrogens (tertiary/aromatic N) is 1. The fraction of sp³-hybridized carbons (Fsp3) is 0.462. The van der Waals surface area contributed by atoms with Gasteiger partial charge in [0.1, 0.15) is 18.1 Å². The van der Waals surface area contributed by atoms with Gasteiger partial charge in [-0.1, -0.05) is 43.2 Å². The number of amides is 3. The van der Waals surface area contributed by atoms with Crippen LogP contribution in [0.25, 0.3) is 10.8 Å². The van der Waals surface area contributed by atoms with Gasteiger partial charge in [-0.15, -0.1) is 0 Å². The number of benzene rings is 2. The molecule has 3 saturated heterocycles. The van der Waals surface area contributed by atoms with Crippen molar-refractivity contribution in [1.29, 1.82) is 0 Å². The fourth-order valence-corrected chi connectivity index (χ4v) is 5.17. The van der Waals surface area contributed by atoms with Crippen molar-refractivity contribution in [2.75, 3.05) is 13.2 Å². The van der Waals surface area contributed by atoms with Gasteiger partial charge in [0.2, 0.25) is 18.1 Å². The molecule has 0 radical (unpaired) electrons. The molecule has 2 unspecified atom stereocenters. The molecule has 190 valence electrons. The molecule has 3 heterocycles. The molecule has 3 N–H and O–H groups in total. The van der Waals surface area contributed by atoms with E-state index in [4.69, 9.17) is 9.47 Å². The first-order chi connectivity index (χ1) is 17.4. The molecule has 3 aliphatic rings. The summed E-state index contributed by atoms with van der Waals surface area (Å²) in [6, 6.07) is 10.2. The highest BCUT2D eigenvalue weighted by molar-refractivity contribution is 6.01. The second-order valence-electron chi connectivity index (χ2n) is 9.52. The van der Waals surface area contributed by atoms with Gasteiger partial charge in [-0.3, -0.25) is 19.2 Å². The standard InChI is InChI=1S/C26H29N3O7/c30-22-12-20(26(34)36-22)28-24(32)21-14-35-13-18-7-3-4-8-19(25(33)29(18)21)27-23(31)17-10-9-15-5-1-2-6-16(15)11-17/h1-2,5-6,9-11,18-21,26,34H,3-4,7-8,12-14H2,(H,27,31)(H,28,32)/t18-,19-,20?,21-,26?/m0/s1. The van der Waals surface area contributed by atoms with Crippen molar-refractivity contribution < 1.29 is 33.8 Å². The minimum absolute atomic E-state index is 0.0168. The number of carbonyl (C=O) groups excluding carboxylic acids is 4. The van der Waals surface area contributed by atoms with E-state index < -0.39 is 36.3 Å². The maximum atomic E-state index is 13.7. The van der Waals surface area contributed by atoms with Crippen LogP contribution in [0.2, 0.25) is 0 Å². The first-order valence-corrected chi connectivity index (χ1v) is 12.3. The zero-order valence-electron chi connectivity index (χ0n) is 19.7. The largest absolute Gasteiger partial charge is 0.434 e. The maximum absolute atomic E-state index is 13.7. The zero-order chi connectivity index (χ0) is 25.2. The molecule has 0 bridgehead atoms. The molecule has 3 amide bonds. The van der Waals surface area contributed by atoms with Gasteiger partial charge in [0, 0.05) is 5.56 Å². The highest BCUT2D eigenvalue weighted by Crippen LogP contribution is 2.25. The number of cyclic esters (lactones) is 1. The second-order valence-corrected chi connectivity index (χ2v) is 9.52. The van der Waals surface area contributed by atoms with Crippen molar-refractivity contribution in [3.05, 3.63) is 48.0 Å². The lowest BCUT2D eigenvalue weighted by Gasteiger charge is -2.44. The summed E-state index contributed by atoms with van der Waals surface area (Å²) >= 11 is 0. The van der Waals surface area contributed by atoms with Crippen molar-refractivity contribution in [2.24, 2.45) is 0 Å². The maximum Gasteiger partial charge on any atom is 0.310 e. The van der Waals surface area contributed by atoms with E-state index in [1.807, 2.05) is 30.3 Å². The summed E-state index contributed by atoms with van der Waals surface area (Å²) in [5.74, 6) is -1.83. The predicted molar refractivity (Wildman–Crippen MR) is 128 cm³/mol. The van der Waals surface area contributed by atoms with Crippen molar-refractivity contribution in [3.63, 3.8) is 0 Å². The molecule has 3 fully saturated rings. The monoisotopic (exact) mass is 495 g/mol. The van der Waals surface area contributed by atoms with Crippen LogP contribution in [-0.4, -0.2) is 77.4 Å². The number of morpholine rings is 1. The highest BCUT2D eigenvalue weighted by Gasteiger charge is 2.44. The van der Waals surface area contributed by atoms with Crippen LogP contribution in [0, 0.1) is 0 Å². The number of aliphatic hydroxyl groups excluding tert-OH is 1. The Labute approximate surface area is 207 Å². The Kier molecular flexibility index (Phi) is 6.88. The lowest BCUT2D eigenvalue weighted by Crippen LogP contribution is -2.65. The molecule has 3 aliphatic heterocycles. The van der Waals surface area contributed by atoms with Crippen LogP contribution < -0.4 is 10.6 Å². The molecular formula is C26H29N3O7. The second kappa shape index (κ2) is 10.2. The van der Waals surface area contributed by atoms with Crippen molar-refractivity contribution in [3.8, 4) is 0 Å². The Balaban J connectivity index is 1.33. The van der Waals surface area contributed by atoms with Gasteiger partial charge >= 0.3 is 5.97 Å². The van der Waals surface area contributed by atoms with Crippen LogP contribution in [0.5, 0.6) is 0 Å². The summed E-state index contributed by atoms with van der Waals surface area (Å²) in [5, 5.41) is 17.3. The lowest BCUT2D eigenvalue weighted by atomic mass is 9.95. The topological polar surface area (TPSA) is 134 Å². The Hall–Kier alpha value is -3.50. The van der Waals surface area contributed by atoms with Crippen LogP contribution in [0.1, 0.15) is 42.5 Å². The summed E-state index contributed by atoms with van der Waals surface area (Å²) in [6.45, 7) is 0.283. The molecule has 0 saturated carbocycles. The Morgan fingerprint density at radius 3 is 2.53 bits per heavy atom. The number of nitrogens with one attached hydrogen (secondary N) is 2. The third-order valence-corrected chi connectivity index (χ3v) is 7.08. The van der Waals surface area contributed by atoms with Gasteiger partial charge in [-0.2, -0.15) is 0 Å². The van der Waals surface area contributed by atoms with E-state index in [1.54, 1.807) is 12.1 Å². The number of rotatable bonds is 4. The number of hydrogen-bond acceptors (Lipinski definition) is 7. The third kappa shape index (κ3) is 4.91. The summed E-state index contributed by atoms with van der Waals surface area (Å²) in [4.78, 5) is 52.9. The van der Waals surface area contributed by atoms with Crippen LogP contribution >= 0.6 is 0 Å². The van der Waals surface area contributed by atoms with Crippen LogP contribution in [0.15, 0.2) is 42.5 Å². The average molecular weight is 496 g/mol. The van der Waals surface area contributed by atoms with Gasteiger partial charge in [0.15, 0.2) is 0 Å². The molecule has 0 aliphatic carbocycles. The summed E-state index contributed by atoms with van der Waals surface area (Å²) in [7, 11) is 0. The van der Waals surface area contributed by atoms with Crippen LogP contribution in [0.4, 0.5) is 0 Å². The van der Waals surface area contributed by atoms with Crippen molar-refractivity contribution >= 4 is 34.5 Å². The van der Waals surface area contributed by atoms with Gasteiger partial charge in [-0.25, -0.2) is 0 Å². The molecule has 5 rings (SSSR count). The lowest BCUT2D eigenvalue weighted by molar-refractivity contribution is -0.160. The number of hydrogen-bond donors (Lipinski definition) is 3. The number of aliphatic hydroxyl groups is 1. The average Bonchev–Trinajstić information content (AvgIpc) is 3.19. The van der Waals surface area contributed by atoms with Gasteiger partial charge < -0.3 is 30.1 Å². The number of fused-ring (bicyclic) bond motifs is 2. The molecular weight excluding hydrogens is 466 g/mol. The molecule has 5 atom stereocenters. The number of ether oxygens (including phenoxy) is 2. The summed E-state index contributed by atoms with van der Waals surface area (Å²) in [6.07, 6.45) is 1.12. The molecule has 36 heavy (non-hydrogen) atoms. The Bertz CT molecular complexity index is 1190. The van der Waals surface area contributed by atoms with Crippen LogP contribution in [-0.2, 0) is 23.9 Å². The van der Waals surface area contributed by atoms with Crippen molar-refractivity contribution in [1.82, 2.24) is 15.5 Å². The van der Waals surface area contributed by atoms with Gasteiger partial charge in [0.05, 0.1) is 25.7 Å². The quantitative estimate of drug-likeness (QED) is 0.536. The fourth-order valence-electron chi connectivity index (χ4n) is 5.17. The molecule has 10 nitrogen and oxygen atoms in total. The number of esters is 1. The van der Waals surface area contributed by atoms with Crippen LogP contribution in [0.3, 0.4) is 0 Å². The van der Waals surface area contributed by atoms with E-state index in [2.05, 4.69) is 10.6 Å². The van der Waals surface area contributed by atoms with E-state index >= 15 is 0 Å². The Morgan fingerprint density at radius 1 is 0.972 bits per heavy atom. The van der Waals surface area contributed by atoms with E-state index in [0.29, 0.717) is 25.0 Å². The predicted octanol–water partition coefficient (Wildman–Crippen LogP) is 0.858. The minimum atomic E-state index is -1.43. The zero-order valence-corrected chi connectivity index (χ0v) is 19.7. The first kappa shape index (κ1) is 24.2. The molecule has 0 aromatic heterocycles. The SMILES string of the molecule is O=C1CC(NC(=O)[C@@H]2COC[C@@H]3CCCC[C@H](NC(=O)c4ccc5ccccc5c4)C(=O)N32)C(O)O1. The molecule has 2 aromatic rings.